The second kappa shape index (κ2) is 5.89. The number of ether oxygens (including phenoxy) is 1. The zero-order chi connectivity index (χ0) is 16.0. The van der Waals surface area contributed by atoms with E-state index in [9.17, 15) is 0 Å². The van der Waals surface area contributed by atoms with Gasteiger partial charge in [-0.05, 0) is 38.5 Å². The summed E-state index contributed by atoms with van der Waals surface area (Å²) in [5, 5.41) is 5.73. The van der Waals surface area contributed by atoms with Crippen molar-refractivity contribution in [3.8, 4) is 0 Å². The third-order valence-electron chi connectivity index (χ3n) is 4.55. The van der Waals surface area contributed by atoms with Crippen LogP contribution in [-0.2, 0) is 11.3 Å². The van der Waals surface area contributed by atoms with Gasteiger partial charge in [0, 0.05) is 19.6 Å². The molecule has 2 aliphatic heterocycles. The van der Waals surface area contributed by atoms with Crippen LogP contribution in [0.25, 0.3) is 11.0 Å². The first-order chi connectivity index (χ1) is 11.1. The molecule has 124 valence electrons. The molecular weight excluding hydrogens is 316 g/mol. The van der Waals surface area contributed by atoms with Gasteiger partial charge in [-0.2, -0.15) is 15.1 Å². The SMILES string of the molecule is CN(C)CCn1ncc2c(N3CC4CCC(C3)O4)nc(Cl)nc21. The third-order valence-corrected chi connectivity index (χ3v) is 4.72. The number of halogens is 1. The quantitative estimate of drug-likeness (QED) is 0.787. The van der Waals surface area contributed by atoms with Gasteiger partial charge in [0.05, 0.1) is 30.3 Å². The van der Waals surface area contributed by atoms with Crippen LogP contribution >= 0.6 is 11.6 Å². The lowest BCUT2D eigenvalue weighted by Gasteiger charge is -2.33. The standard InChI is InChI=1S/C15H21ClN6O/c1-20(2)5-6-22-14-12(7-17-22)13(18-15(16)19-14)21-8-10-3-4-11(9-21)23-10/h7,10-11H,3-6,8-9H2,1-2H3. The van der Waals surface area contributed by atoms with Crippen molar-refractivity contribution < 1.29 is 4.74 Å². The molecule has 2 aromatic rings. The van der Waals surface area contributed by atoms with Gasteiger partial charge in [0.25, 0.3) is 0 Å². The molecule has 2 fully saturated rings. The highest BCUT2D eigenvalue weighted by Gasteiger charge is 2.35. The van der Waals surface area contributed by atoms with Gasteiger partial charge in [0.1, 0.15) is 5.82 Å². The molecule has 0 N–H and O–H groups in total. The highest BCUT2D eigenvalue weighted by atomic mass is 35.5. The van der Waals surface area contributed by atoms with Crippen molar-refractivity contribution in [3.63, 3.8) is 0 Å². The minimum Gasteiger partial charge on any atom is -0.371 e. The second-order valence-electron chi connectivity index (χ2n) is 6.59. The molecule has 2 unspecified atom stereocenters. The van der Waals surface area contributed by atoms with Crippen molar-refractivity contribution in [1.29, 1.82) is 0 Å². The van der Waals surface area contributed by atoms with Crippen LogP contribution in [0.15, 0.2) is 6.20 Å². The summed E-state index contributed by atoms with van der Waals surface area (Å²) in [6.07, 6.45) is 4.73. The minimum atomic E-state index is 0.276. The van der Waals surface area contributed by atoms with Crippen LogP contribution in [0.5, 0.6) is 0 Å². The average molecular weight is 337 g/mol. The number of rotatable bonds is 4. The molecule has 2 aromatic heterocycles. The molecule has 2 atom stereocenters. The van der Waals surface area contributed by atoms with Crippen LogP contribution in [0.3, 0.4) is 0 Å². The molecule has 0 spiro atoms. The maximum Gasteiger partial charge on any atom is 0.226 e. The van der Waals surface area contributed by atoms with Crippen molar-refractivity contribution in [2.75, 3.05) is 38.6 Å². The van der Waals surface area contributed by atoms with E-state index < -0.39 is 0 Å². The van der Waals surface area contributed by atoms with Crippen molar-refractivity contribution in [2.45, 2.75) is 31.6 Å². The van der Waals surface area contributed by atoms with E-state index in [1.54, 1.807) is 0 Å². The van der Waals surface area contributed by atoms with E-state index >= 15 is 0 Å². The predicted molar refractivity (Wildman–Crippen MR) is 89.0 cm³/mol. The summed E-state index contributed by atoms with van der Waals surface area (Å²) in [5.74, 6) is 0.885. The van der Waals surface area contributed by atoms with Gasteiger partial charge in [0.2, 0.25) is 5.28 Å². The predicted octanol–water partition coefficient (Wildman–Crippen LogP) is 1.41. The first-order valence-corrected chi connectivity index (χ1v) is 8.42. The Bertz CT molecular complexity index is 705. The van der Waals surface area contributed by atoms with Crippen LogP contribution < -0.4 is 4.90 Å². The van der Waals surface area contributed by atoms with Crippen LogP contribution in [0.4, 0.5) is 5.82 Å². The van der Waals surface area contributed by atoms with E-state index in [4.69, 9.17) is 16.3 Å². The van der Waals surface area contributed by atoms with Crippen molar-refractivity contribution in [2.24, 2.45) is 0 Å². The highest BCUT2D eigenvalue weighted by Crippen LogP contribution is 2.32. The molecule has 4 rings (SSSR count). The van der Waals surface area contributed by atoms with Gasteiger partial charge < -0.3 is 14.5 Å². The smallest absolute Gasteiger partial charge is 0.226 e. The molecule has 2 bridgehead atoms. The molecule has 0 aromatic carbocycles. The van der Waals surface area contributed by atoms with Crippen molar-refractivity contribution in [3.05, 3.63) is 11.5 Å². The fourth-order valence-corrected chi connectivity index (χ4v) is 3.56. The Morgan fingerprint density at radius 1 is 1.26 bits per heavy atom. The second-order valence-corrected chi connectivity index (χ2v) is 6.93. The average Bonchev–Trinajstić information content (AvgIpc) is 3.07. The van der Waals surface area contributed by atoms with Gasteiger partial charge in [-0.25, -0.2) is 4.68 Å². The minimum absolute atomic E-state index is 0.276. The Hall–Kier alpha value is -1.44. The van der Waals surface area contributed by atoms with Gasteiger partial charge in [-0.1, -0.05) is 0 Å². The Balaban J connectivity index is 1.69. The number of morpholine rings is 1. The summed E-state index contributed by atoms with van der Waals surface area (Å²) in [4.78, 5) is 13.3. The molecular formula is C15H21ClN6O. The topological polar surface area (TPSA) is 59.3 Å². The molecule has 4 heterocycles. The Labute approximate surface area is 140 Å². The van der Waals surface area contributed by atoms with Gasteiger partial charge in [-0.15, -0.1) is 0 Å². The van der Waals surface area contributed by atoms with Crippen LogP contribution in [0.2, 0.25) is 5.28 Å². The lowest BCUT2D eigenvalue weighted by molar-refractivity contribution is 0.0303. The summed E-state index contributed by atoms with van der Waals surface area (Å²) in [6.45, 7) is 3.40. The van der Waals surface area contributed by atoms with E-state index in [2.05, 4.69) is 24.9 Å². The fraction of sp³-hybridized carbons (Fsp3) is 0.667. The maximum atomic E-state index is 6.19. The van der Waals surface area contributed by atoms with E-state index in [-0.39, 0.29) is 5.28 Å². The molecule has 0 radical (unpaired) electrons. The van der Waals surface area contributed by atoms with E-state index in [1.165, 1.54) is 0 Å². The Morgan fingerprint density at radius 3 is 2.70 bits per heavy atom. The first-order valence-electron chi connectivity index (χ1n) is 8.04. The zero-order valence-electron chi connectivity index (χ0n) is 13.4. The molecule has 7 nitrogen and oxygen atoms in total. The monoisotopic (exact) mass is 336 g/mol. The number of likely N-dealkylation sites (N-methyl/N-ethyl adjacent to an activating group) is 1. The third kappa shape index (κ3) is 2.88. The van der Waals surface area contributed by atoms with Crippen LogP contribution in [0.1, 0.15) is 12.8 Å². The molecule has 8 heteroatoms. The molecule has 0 aliphatic carbocycles. The highest BCUT2D eigenvalue weighted by molar-refractivity contribution is 6.28. The lowest BCUT2D eigenvalue weighted by atomic mass is 10.2. The lowest BCUT2D eigenvalue weighted by Crippen LogP contribution is -2.43. The van der Waals surface area contributed by atoms with Crippen LogP contribution in [-0.4, -0.2) is 70.6 Å². The molecule has 2 aliphatic rings. The Kier molecular flexibility index (Phi) is 3.87. The van der Waals surface area contributed by atoms with E-state index in [0.717, 1.165) is 55.9 Å². The van der Waals surface area contributed by atoms with Crippen LogP contribution in [0, 0.1) is 0 Å². The van der Waals surface area contributed by atoms with E-state index in [1.807, 2.05) is 25.0 Å². The number of aromatic nitrogens is 4. The zero-order valence-corrected chi connectivity index (χ0v) is 14.2. The summed E-state index contributed by atoms with van der Waals surface area (Å²) in [5.41, 5.74) is 0.806. The van der Waals surface area contributed by atoms with E-state index in [0.29, 0.717) is 12.2 Å². The van der Waals surface area contributed by atoms with Crippen molar-refractivity contribution in [1.82, 2.24) is 24.6 Å². The number of nitrogens with zero attached hydrogens (tertiary/aromatic N) is 6. The Morgan fingerprint density at radius 2 is 2.00 bits per heavy atom. The maximum absolute atomic E-state index is 6.19. The number of anilines is 1. The molecule has 2 saturated heterocycles. The van der Waals surface area contributed by atoms with Crippen molar-refractivity contribution >= 4 is 28.5 Å². The summed E-state index contributed by atoms with van der Waals surface area (Å²) in [7, 11) is 4.09. The normalized spacial score (nSPS) is 24.1. The summed E-state index contributed by atoms with van der Waals surface area (Å²) in [6, 6.07) is 0. The fourth-order valence-electron chi connectivity index (χ4n) is 3.40. The molecule has 23 heavy (non-hydrogen) atoms. The van der Waals surface area contributed by atoms with Gasteiger partial charge >= 0.3 is 0 Å². The molecule has 0 saturated carbocycles. The van der Waals surface area contributed by atoms with Gasteiger partial charge in [0.15, 0.2) is 5.65 Å². The number of hydrogen-bond donors (Lipinski definition) is 0. The largest absolute Gasteiger partial charge is 0.371 e. The summed E-state index contributed by atoms with van der Waals surface area (Å²) >= 11 is 6.19. The summed E-state index contributed by atoms with van der Waals surface area (Å²) < 4.78 is 7.82. The number of hydrogen-bond acceptors (Lipinski definition) is 6. The van der Waals surface area contributed by atoms with Gasteiger partial charge in [-0.3, -0.25) is 0 Å². The number of fused-ring (bicyclic) bond motifs is 3. The first kappa shape index (κ1) is 15.1. The molecule has 0 amide bonds.